The molecular weight excluding hydrogens is 200 g/mol. The van der Waals surface area contributed by atoms with Crippen molar-refractivity contribution in [3.63, 3.8) is 0 Å². The zero-order valence-corrected chi connectivity index (χ0v) is 7.30. The molecule has 60 valence electrons. The van der Waals surface area contributed by atoms with Crippen LogP contribution < -0.4 is 0 Å². The number of hydrogen-bond acceptors (Lipinski definition) is 3. The van der Waals surface area contributed by atoms with Gasteiger partial charge in [0.1, 0.15) is 0 Å². The Morgan fingerprint density at radius 3 is 3.00 bits per heavy atom. The molecule has 0 spiro atoms. The highest BCUT2D eigenvalue weighted by Crippen LogP contribution is 2.01. The van der Waals surface area contributed by atoms with E-state index in [1.54, 1.807) is 0 Å². The molecule has 1 atom stereocenters. The van der Waals surface area contributed by atoms with E-state index in [0.29, 0.717) is 26.4 Å². The maximum Gasteiger partial charge on any atom is 0.180 e. The minimum absolute atomic E-state index is 0.147. The lowest BCUT2D eigenvalue weighted by atomic mass is 10.6. The topological polar surface area (TPSA) is 27.7 Å². The van der Waals surface area contributed by atoms with Crippen LogP contribution in [0.25, 0.3) is 0 Å². The molecule has 0 bridgehead atoms. The van der Waals surface area contributed by atoms with Crippen LogP contribution in [-0.4, -0.2) is 38.0 Å². The highest BCUT2D eigenvalue weighted by molar-refractivity contribution is 9.09. The molecule has 1 unspecified atom stereocenters. The molecule has 0 aromatic heterocycles. The second-order valence-corrected chi connectivity index (χ2v) is 2.73. The van der Waals surface area contributed by atoms with E-state index in [0.717, 1.165) is 5.33 Å². The van der Waals surface area contributed by atoms with Crippen molar-refractivity contribution < 1.29 is 14.2 Å². The number of hydrogen-bond donors (Lipinski definition) is 0. The SMILES string of the molecule is BrCCOC1COCCO1. The molecule has 3 nitrogen and oxygen atoms in total. The summed E-state index contributed by atoms with van der Waals surface area (Å²) in [6, 6.07) is 0. The van der Waals surface area contributed by atoms with E-state index in [9.17, 15) is 0 Å². The van der Waals surface area contributed by atoms with Gasteiger partial charge >= 0.3 is 0 Å². The Hall–Kier alpha value is 0.360. The molecule has 0 amide bonds. The van der Waals surface area contributed by atoms with Crippen molar-refractivity contribution in [2.24, 2.45) is 0 Å². The van der Waals surface area contributed by atoms with E-state index in [4.69, 9.17) is 14.2 Å². The lowest BCUT2D eigenvalue weighted by molar-refractivity contribution is -0.208. The largest absolute Gasteiger partial charge is 0.374 e. The van der Waals surface area contributed by atoms with Gasteiger partial charge in [0.15, 0.2) is 6.29 Å². The van der Waals surface area contributed by atoms with Crippen molar-refractivity contribution in [1.29, 1.82) is 0 Å². The van der Waals surface area contributed by atoms with Gasteiger partial charge in [-0.15, -0.1) is 0 Å². The monoisotopic (exact) mass is 210 g/mol. The van der Waals surface area contributed by atoms with Crippen molar-refractivity contribution in [1.82, 2.24) is 0 Å². The third-order valence-electron chi connectivity index (χ3n) is 1.17. The number of rotatable bonds is 3. The molecule has 1 aliphatic heterocycles. The molecule has 0 aromatic carbocycles. The summed E-state index contributed by atoms with van der Waals surface area (Å²) in [7, 11) is 0. The summed E-state index contributed by atoms with van der Waals surface area (Å²) < 4.78 is 15.6. The van der Waals surface area contributed by atoms with E-state index < -0.39 is 0 Å². The van der Waals surface area contributed by atoms with Gasteiger partial charge in [0.05, 0.1) is 26.4 Å². The van der Waals surface area contributed by atoms with Crippen LogP contribution in [0.2, 0.25) is 0 Å². The Kier molecular flexibility index (Phi) is 4.29. The number of alkyl halides is 1. The molecule has 1 aliphatic rings. The minimum atomic E-state index is -0.147. The maximum absolute atomic E-state index is 5.24. The van der Waals surface area contributed by atoms with Crippen LogP contribution in [0, 0.1) is 0 Å². The molecule has 1 fully saturated rings. The van der Waals surface area contributed by atoms with Crippen molar-refractivity contribution in [2.75, 3.05) is 31.8 Å². The Morgan fingerprint density at radius 2 is 2.40 bits per heavy atom. The molecule has 0 aromatic rings. The first-order chi connectivity index (χ1) is 4.93. The van der Waals surface area contributed by atoms with Crippen LogP contribution in [0.15, 0.2) is 0 Å². The molecule has 0 saturated carbocycles. The van der Waals surface area contributed by atoms with E-state index in [1.165, 1.54) is 0 Å². The fourth-order valence-corrected chi connectivity index (χ4v) is 0.925. The van der Waals surface area contributed by atoms with Gasteiger partial charge in [0, 0.05) is 5.33 Å². The molecule has 1 heterocycles. The molecule has 10 heavy (non-hydrogen) atoms. The standard InChI is InChI=1S/C6H11BrO3/c7-1-2-9-6-5-8-3-4-10-6/h6H,1-5H2. The Morgan fingerprint density at radius 1 is 1.50 bits per heavy atom. The van der Waals surface area contributed by atoms with Gasteiger partial charge in [-0.2, -0.15) is 0 Å². The fraction of sp³-hybridized carbons (Fsp3) is 1.00. The first-order valence-corrected chi connectivity index (χ1v) is 4.42. The third kappa shape index (κ3) is 2.96. The van der Waals surface area contributed by atoms with Gasteiger partial charge in [-0.05, 0) is 0 Å². The second-order valence-electron chi connectivity index (χ2n) is 1.94. The van der Waals surface area contributed by atoms with Crippen molar-refractivity contribution >= 4 is 15.9 Å². The van der Waals surface area contributed by atoms with Gasteiger partial charge in [0.25, 0.3) is 0 Å². The Bertz CT molecular complexity index is 83.1. The van der Waals surface area contributed by atoms with Crippen LogP contribution in [0.3, 0.4) is 0 Å². The van der Waals surface area contributed by atoms with Crippen LogP contribution in [0.4, 0.5) is 0 Å². The van der Waals surface area contributed by atoms with Crippen molar-refractivity contribution in [3.05, 3.63) is 0 Å². The predicted molar refractivity (Wildman–Crippen MR) is 40.3 cm³/mol. The summed E-state index contributed by atoms with van der Waals surface area (Å²) in [6.07, 6.45) is -0.147. The minimum Gasteiger partial charge on any atom is -0.374 e. The highest BCUT2D eigenvalue weighted by Gasteiger charge is 2.13. The predicted octanol–water partition coefficient (Wildman–Crippen LogP) is 0.771. The number of halogens is 1. The summed E-state index contributed by atoms with van der Waals surface area (Å²) >= 11 is 3.25. The van der Waals surface area contributed by atoms with Crippen molar-refractivity contribution in [2.45, 2.75) is 6.29 Å². The second kappa shape index (κ2) is 5.07. The molecule has 1 rings (SSSR count). The summed E-state index contributed by atoms with van der Waals surface area (Å²) in [4.78, 5) is 0. The van der Waals surface area contributed by atoms with Crippen LogP contribution in [0.5, 0.6) is 0 Å². The maximum atomic E-state index is 5.24. The van der Waals surface area contributed by atoms with E-state index in [-0.39, 0.29) is 6.29 Å². The van der Waals surface area contributed by atoms with E-state index in [2.05, 4.69) is 15.9 Å². The lowest BCUT2D eigenvalue weighted by Gasteiger charge is -2.22. The Balaban J connectivity index is 2.02. The van der Waals surface area contributed by atoms with E-state index in [1.807, 2.05) is 0 Å². The van der Waals surface area contributed by atoms with E-state index >= 15 is 0 Å². The van der Waals surface area contributed by atoms with Gasteiger partial charge in [-0.1, -0.05) is 15.9 Å². The summed E-state index contributed by atoms with van der Waals surface area (Å²) in [6.45, 7) is 2.57. The molecule has 0 aliphatic carbocycles. The quantitative estimate of drug-likeness (QED) is 0.645. The van der Waals surface area contributed by atoms with Crippen LogP contribution >= 0.6 is 15.9 Å². The first kappa shape index (κ1) is 8.46. The van der Waals surface area contributed by atoms with Gasteiger partial charge in [0.2, 0.25) is 0 Å². The molecule has 4 heteroatoms. The molecular formula is C6H11BrO3. The summed E-state index contributed by atoms with van der Waals surface area (Å²) in [5, 5.41) is 0.840. The Labute approximate surface area is 68.8 Å². The summed E-state index contributed by atoms with van der Waals surface area (Å²) in [5.74, 6) is 0. The van der Waals surface area contributed by atoms with Gasteiger partial charge in [-0.3, -0.25) is 0 Å². The third-order valence-corrected chi connectivity index (χ3v) is 1.49. The smallest absolute Gasteiger partial charge is 0.180 e. The van der Waals surface area contributed by atoms with Gasteiger partial charge in [-0.25, -0.2) is 0 Å². The lowest BCUT2D eigenvalue weighted by Crippen LogP contribution is -2.31. The highest BCUT2D eigenvalue weighted by atomic mass is 79.9. The molecule has 1 saturated heterocycles. The molecule has 0 radical (unpaired) electrons. The zero-order valence-electron chi connectivity index (χ0n) is 5.72. The van der Waals surface area contributed by atoms with Crippen LogP contribution in [-0.2, 0) is 14.2 Å². The first-order valence-electron chi connectivity index (χ1n) is 3.30. The summed E-state index contributed by atoms with van der Waals surface area (Å²) in [5.41, 5.74) is 0. The fourth-order valence-electron chi connectivity index (χ4n) is 0.738. The normalized spacial score (nSPS) is 26.7. The van der Waals surface area contributed by atoms with Crippen LogP contribution in [0.1, 0.15) is 0 Å². The molecule has 0 N–H and O–H groups in total. The van der Waals surface area contributed by atoms with Crippen molar-refractivity contribution in [3.8, 4) is 0 Å². The van der Waals surface area contributed by atoms with Gasteiger partial charge < -0.3 is 14.2 Å². The number of ether oxygens (including phenoxy) is 3. The zero-order chi connectivity index (χ0) is 7.23. The average Bonchev–Trinajstić information content (AvgIpc) is 2.03. The average molecular weight is 211 g/mol.